The number of amides is 1. The largest absolute Gasteiger partial charge is 0.494 e. The molecule has 2 atom stereocenters. The van der Waals surface area contributed by atoms with Crippen molar-refractivity contribution in [2.24, 2.45) is 5.92 Å². The smallest absolute Gasteiger partial charge is 0.306 e. The molecule has 21 heavy (non-hydrogen) atoms. The highest BCUT2D eigenvalue weighted by molar-refractivity contribution is 5.94. The zero-order valence-electron chi connectivity index (χ0n) is 12.2. The third kappa shape index (κ3) is 4.21. The number of nitrogens with one attached hydrogen (secondary N) is 1. The first kappa shape index (κ1) is 15.4. The summed E-state index contributed by atoms with van der Waals surface area (Å²) in [5.41, 5.74) is 0.566. The van der Waals surface area contributed by atoms with Crippen LogP contribution in [0.5, 0.6) is 5.75 Å². The second-order valence-electron chi connectivity index (χ2n) is 5.33. The van der Waals surface area contributed by atoms with Crippen molar-refractivity contribution in [3.05, 3.63) is 29.8 Å². The molecule has 114 valence electrons. The molecule has 1 saturated carbocycles. The lowest BCUT2D eigenvalue weighted by Crippen LogP contribution is -2.39. The van der Waals surface area contributed by atoms with E-state index in [-0.39, 0.29) is 17.9 Å². The summed E-state index contributed by atoms with van der Waals surface area (Å²) in [6.07, 6.45) is 2.89. The highest BCUT2D eigenvalue weighted by atomic mass is 16.5. The molecule has 0 aromatic heterocycles. The average molecular weight is 291 g/mol. The molecule has 2 unspecified atom stereocenters. The quantitative estimate of drug-likeness (QED) is 0.873. The Kier molecular flexibility index (Phi) is 5.20. The lowest BCUT2D eigenvalue weighted by molar-refractivity contribution is -0.143. The topological polar surface area (TPSA) is 75.6 Å². The van der Waals surface area contributed by atoms with Gasteiger partial charge in [-0.15, -0.1) is 0 Å². The molecule has 1 amide bonds. The maximum absolute atomic E-state index is 12.2. The third-order valence-corrected chi connectivity index (χ3v) is 3.79. The molecule has 1 aliphatic carbocycles. The van der Waals surface area contributed by atoms with E-state index < -0.39 is 5.97 Å². The Morgan fingerprint density at radius 3 is 2.62 bits per heavy atom. The zero-order valence-corrected chi connectivity index (χ0v) is 12.2. The number of carbonyl (C=O) groups excluding carboxylic acids is 1. The van der Waals surface area contributed by atoms with Crippen LogP contribution in [-0.4, -0.2) is 29.6 Å². The highest BCUT2D eigenvalue weighted by Crippen LogP contribution is 2.24. The number of carbonyl (C=O) groups is 2. The number of aliphatic carboxylic acids is 1. The Morgan fingerprint density at radius 2 is 2.00 bits per heavy atom. The Balaban J connectivity index is 1.92. The predicted molar refractivity (Wildman–Crippen MR) is 78.5 cm³/mol. The zero-order chi connectivity index (χ0) is 15.2. The molecule has 1 aromatic rings. The van der Waals surface area contributed by atoms with Crippen molar-refractivity contribution < 1.29 is 19.4 Å². The van der Waals surface area contributed by atoms with Gasteiger partial charge in [0.25, 0.3) is 5.91 Å². The normalized spacial score (nSPS) is 21.6. The van der Waals surface area contributed by atoms with Gasteiger partial charge in [0.1, 0.15) is 5.75 Å². The van der Waals surface area contributed by atoms with Gasteiger partial charge in [-0.25, -0.2) is 0 Å². The molecular weight excluding hydrogens is 270 g/mol. The first-order valence-electron chi connectivity index (χ1n) is 7.36. The summed E-state index contributed by atoms with van der Waals surface area (Å²) in [5.74, 6) is -0.536. The van der Waals surface area contributed by atoms with Gasteiger partial charge < -0.3 is 15.2 Å². The summed E-state index contributed by atoms with van der Waals surface area (Å²) < 4.78 is 5.33. The monoisotopic (exact) mass is 291 g/mol. The first-order chi connectivity index (χ1) is 10.1. The number of ether oxygens (including phenoxy) is 1. The summed E-state index contributed by atoms with van der Waals surface area (Å²) in [6.45, 7) is 2.49. The van der Waals surface area contributed by atoms with E-state index in [9.17, 15) is 9.59 Å². The van der Waals surface area contributed by atoms with Crippen LogP contribution in [0.4, 0.5) is 0 Å². The second kappa shape index (κ2) is 7.11. The Morgan fingerprint density at radius 1 is 1.29 bits per heavy atom. The summed E-state index contributed by atoms with van der Waals surface area (Å²) in [6, 6.07) is 6.91. The van der Waals surface area contributed by atoms with Crippen molar-refractivity contribution in [1.82, 2.24) is 5.32 Å². The minimum atomic E-state index is -0.769. The Labute approximate surface area is 124 Å². The molecule has 1 fully saturated rings. The van der Waals surface area contributed by atoms with Gasteiger partial charge in [0.05, 0.1) is 12.5 Å². The van der Waals surface area contributed by atoms with E-state index in [1.807, 2.05) is 6.92 Å². The van der Waals surface area contributed by atoms with Crippen LogP contribution in [0.25, 0.3) is 0 Å². The van der Waals surface area contributed by atoms with Crippen molar-refractivity contribution in [3.8, 4) is 5.75 Å². The molecule has 2 N–H and O–H groups in total. The van der Waals surface area contributed by atoms with Gasteiger partial charge in [-0.05, 0) is 50.5 Å². The molecular formula is C16H21NO4. The van der Waals surface area contributed by atoms with E-state index in [1.54, 1.807) is 24.3 Å². The van der Waals surface area contributed by atoms with Crippen molar-refractivity contribution in [3.63, 3.8) is 0 Å². The highest BCUT2D eigenvalue weighted by Gasteiger charge is 2.27. The molecule has 0 heterocycles. The van der Waals surface area contributed by atoms with Gasteiger partial charge in [0.15, 0.2) is 0 Å². The minimum Gasteiger partial charge on any atom is -0.494 e. The van der Waals surface area contributed by atoms with Crippen LogP contribution in [0.3, 0.4) is 0 Å². The number of carboxylic acid groups (broad SMARTS) is 1. The number of rotatable bonds is 5. The van der Waals surface area contributed by atoms with Crippen LogP contribution >= 0.6 is 0 Å². The number of benzene rings is 1. The summed E-state index contributed by atoms with van der Waals surface area (Å²) in [4.78, 5) is 23.2. The van der Waals surface area contributed by atoms with Crippen molar-refractivity contribution in [1.29, 1.82) is 0 Å². The minimum absolute atomic E-state index is 0.0566. The predicted octanol–water partition coefficient (Wildman–Crippen LogP) is 2.46. The van der Waals surface area contributed by atoms with E-state index >= 15 is 0 Å². The van der Waals surface area contributed by atoms with E-state index in [0.29, 0.717) is 25.0 Å². The number of hydrogen-bond donors (Lipinski definition) is 2. The lowest BCUT2D eigenvalue weighted by atomic mass is 9.85. The average Bonchev–Trinajstić information content (AvgIpc) is 2.48. The van der Waals surface area contributed by atoms with Crippen molar-refractivity contribution in [2.75, 3.05) is 6.61 Å². The van der Waals surface area contributed by atoms with Crippen LogP contribution in [0.1, 0.15) is 43.0 Å². The molecule has 0 radical (unpaired) electrons. The van der Waals surface area contributed by atoms with Crippen LogP contribution in [0, 0.1) is 5.92 Å². The third-order valence-electron chi connectivity index (χ3n) is 3.79. The van der Waals surface area contributed by atoms with Gasteiger partial charge in [0, 0.05) is 11.6 Å². The van der Waals surface area contributed by atoms with Crippen LogP contribution < -0.4 is 10.1 Å². The molecule has 5 nitrogen and oxygen atoms in total. The lowest BCUT2D eigenvalue weighted by Gasteiger charge is -2.27. The molecule has 5 heteroatoms. The van der Waals surface area contributed by atoms with E-state index in [1.165, 1.54) is 0 Å². The second-order valence-corrected chi connectivity index (χ2v) is 5.33. The molecule has 0 saturated heterocycles. The standard InChI is InChI=1S/C16H21NO4/c1-2-21-14-8-6-11(7-9-14)15(18)17-13-5-3-4-12(10-13)16(19)20/h6-9,12-13H,2-5,10H2,1H3,(H,17,18)(H,19,20). The van der Waals surface area contributed by atoms with E-state index in [2.05, 4.69) is 5.32 Å². The van der Waals surface area contributed by atoms with Crippen molar-refractivity contribution in [2.45, 2.75) is 38.6 Å². The van der Waals surface area contributed by atoms with E-state index in [0.717, 1.165) is 18.6 Å². The molecule has 1 aromatic carbocycles. The maximum Gasteiger partial charge on any atom is 0.306 e. The molecule has 0 bridgehead atoms. The van der Waals surface area contributed by atoms with Gasteiger partial charge in [-0.3, -0.25) is 9.59 Å². The van der Waals surface area contributed by atoms with Gasteiger partial charge >= 0.3 is 5.97 Å². The summed E-state index contributed by atoms with van der Waals surface area (Å²) in [5, 5.41) is 12.0. The van der Waals surface area contributed by atoms with Gasteiger partial charge in [0.2, 0.25) is 0 Å². The maximum atomic E-state index is 12.2. The fraction of sp³-hybridized carbons (Fsp3) is 0.500. The van der Waals surface area contributed by atoms with Gasteiger partial charge in [-0.2, -0.15) is 0 Å². The van der Waals surface area contributed by atoms with Crippen LogP contribution in [-0.2, 0) is 4.79 Å². The molecule has 0 spiro atoms. The fourth-order valence-corrected chi connectivity index (χ4v) is 2.68. The summed E-state index contributed by atoms with van der Waals surface area (Å²) >= 11 is 0. The molecule has 2 rings (SSSR count). The molecule has 1 aliphatic rings. The van der Waals surface area contributed by atoms with E-state index in [4.69, 9.17) is 9.84 Å². The Bertz CT molecular complexity index is 498. The number of carboxylic acids is 1. The SMILES string of the molecule is CCOc1ccc(C(=O)NC2CCCC(C(=O)O)C2)cc1. The summed E-state index contributed by atoms with van der Waals surface area (Å²) in [7, 11) is 0. The Hall–Kier alpha value is -2.04. The fourth-order valence-electron chi connectivity index (χ4n) is 2.68. The van der Waals surface area contributed by atoms with Crippen molar-refractivity contribution >= 4 is 11.9 Å². The molecule has 0 aliphatic heterocycles. The van der Waals surface area contributed by atoms with Crippen LogP contribution in [0.15, 0.2) is 24.3 Å². The number of hydrogen-bond acceptors (Lipinski definition) is 3. The van der Waals surface area contributed by atoms with Gasteiger partial charge in [-0.1, -0.05) is 6.42 Å². The first-order valence-corrected chi connectivity index (χ1v) is 7.36. The van der Waals surface area contributed by atoms with Crippen LogP contribution in [0.2, 0.25) is 0 Å².